The van der Waals surface area contributed by atoms with Crippen molar-refractivity contribution < 1.29 is 24.2 Å². The molecule has 1 aromatic heterocycles. The Morgan fingerprint density at radius 1 is 1.00 bits per heavy atom. The summed E-state index contributed by atoms with van der Waals surface area (Å²) in [5, 5.41) is 16.6. The Labute approximate surface area is 200 Å². The maximum Gasteiger partial charge on any atom is 0.407 e. The van der Waals surface area contributed by atoms with E-state index in [0.717, 1.165) is 11.1 Å². The number of hydrogen-bond acceptors (Lipinski definition) is 5. The number of rotatable bonds is 8. The molecule has 8 heteroatoms. The number of benzene rings is 2. The van der Waals surface area contributed by atoms with E-state index in [0.29, 0.717) is 17.8 Å². The van der Waals surface area contributed by atoms with Crippen molar-refractivity contribution in [1.29, 1.82) is 0 Å². The van der Waals surface area contributed by atoms with Gasteiger partial charge >= 0.3 is 12.1 Å². The Balaban J connectivity index is 1.11. The maximum atomic E-state index is 12.5. The first-order chi connectivity index (χ1) is 16.5. The maximum absolute atomic E-state index is 12.5. The Morgan fingerprint density at radius 2 is 1.68 bits per heavy atom. The SMILES string of the molecule is O=C(NCC1CC1C(=O)NC(C(=O)O)c1cccs1)OCC1c2ccccc2-c2ccccc21. The molecular formula is C26H24N2O5S. The van der Waals surface area contributed by atoms with Gasteiger partial charge in [-0.15, -0.1) is 11.3 Å². The normalized spacial score (nSPS) is 18.9. The Bertz CT molecular complexity index is 1180. The molecule has 1 saturated carbocycles. The number of aliphatic carboxylic acids is 1. The molecular weight excluding hydrogens is 452 g/mol. The van der Waals surface area contributed by atoms with Crippen molar-refractivity contribution in [2.75, 3.05) is 13.2 Å². The van der Waals surface area contributed by atoms with Crippen LogP contribution in [0.15, 0.2) is 66.0 Å². The molecule has 0 bridgehead atoms. The van der Waals surface area contributed by atoms with Crippen LogP contribution in [0.1, 0.15) is 34.4 Å². The molecule has 0 spiro atoms. The molecule has 3 unspecified atom stereocenters. The first kappa shape index (κ1) is 22.2. The summed E-state index contributed by atoms with van der Waals surface area (Å²) in [4.78, 5) is 36.9. The van der Waals surface area contributed by atoms with Gasteiger partial charge in [0.1, 0.15) is 6.61 Å². The molecule has 0 saturated heterocycles. The monoisotopic (exact) mass is 476 g/mol. The second-order valence-electron chi connectivity index (χ2n) is 8.60. The van der Waals surface area contributed by atoms with Crippen LogP contribution in [-0.4, -0.2) is 36.2 Å². The first-order valence-electron chi connectivity index (χ1n) is 11.2. The predicted molar refractivity (Wildman–Crippen MR) is 128 cm³/mol. The number of carbonyl (C=O) groups excluding carboxylic acids is 2. The average Bonchev–Trinajstić information content (AvgIpc) is 3.28. The molecule has 0 radical (unpaired) electrons. The fourth-order valence-electron chi connectivity index (χ4n) is 4.62. The number of hydrogen-bond donors (Lipinski definition) is 3. The second-order valence-corrected chi connectivity index (χ2v) is 9.58. The van der Waals surface area contributed by atoms with E-state index in [-0.39, 0.29) is 30.3 Å². The molecule has 2 aromatic carbocycles. The number of nitrogens with one attached hydrogen (secondary N) is 2. The van der Waals surface area contributed by atoms with E-state index < -0.39 is 18.1 Å². The topological polar surface area (TPSA) is 105 Å². The molecule has 7 nitrogen and oxygen atoms in total. The van der Waals surface area contributed by atoms with Gasteiger partial charge < -0.3 is 20.5 Å². The molecule has 34 heavy (non-hydrogen) atoms. The molecule has 1 heterocycles. The van der Waals surface area contributed by atoms with Gasteiger partial charge in [0.25, 0.3) is 0 Å². The summed E-state index contributed by atoms with van der Waals surface area (Å²) in [5.74, 6) is -1.75. The molecule has 1 fully saturated rings. The number of carboxylic acid groups (broad SMARTS) is 1. The molecule has 2 aliphatic rings. The van der Waals surface area contributed by atoms with Crippen LogP contribution in [0.4, 0.5) is 4.79 Å². The van der Waals surface area contributed by atoms with E-state index in [1.165, 1.54) is 22.5 Å². The highest BCUT2D eigenvalue weighted by Gasteiger charge is 2.44. The van der Waals surface area contributed by atoms with Crippen molar-refractivity contribution >= 4 is 29.3 Å². The van der Waals surface area contributed by atoms with Crippen molar-refractivity contribution in [1.82, 2.24) is 10.6 Å². The van der Waals surface area contributed by atoms with Crippen LogP contribution in [0.5, 0.6) is 0 Å². The second kappa shape index (κ2) is 9.30. The van der Waals surface area contributed by atoms with E-state index in [9.17, 15) is 19.5 Å². The summed E-state index contributed by atoms with van der Waals surface area (Å²) >= 11 is 1.29. The molecule has 3 N–H and O–H groups in total. The Hall–Kier alpha value is -3.65. The van der Waals surface area contributed by atoms with Gasteiger partial charge in [-0.05, 0) is 46.0 Å². The number of thiophene rings is 1. The lowest BCUT2D eigenvalue weighted by Gasteiger charge is -2.15. The third-order valence-electron chi connectivity index (χ3n) is 6.47. The van der Waals surface area contributed by atoms with Gasteiger partial charge in [-0.3, -0.25) is 4.79 Å². The summed E-state index contributed by atoms with van der Waals surface area (Å²) in [7, 11) is 0. The summed E-state index contributed by atoms with van der Waals surface area (Å²) in [5.41, 5.74) is 4.63. The zero-order chi connectivity index (χ0) is 23.7. The third-order valence-corrected chi connectivity index (χ3v) is 7.41. The number of ether oxygens (including phenoxy) is 1. The molecule has 174 valence electrons. The third kappa shape index (κ3) is 4.41. The van der Waals surface area contributed by atoms with Gasteiger partial charge in [-0.1, -0.05) is 54.6 Å². The van der Waals surface area contributed by atoms with Gasteiger partial charge in [0.05, 0.1) is 0 Å². The minimum atomic E-state index is -1.09. The number of carbonyl (C=O) groups is 3. The number of amides is 2. The van der Waals surface area contributed by atoms with Crippen molar-refractivity contribution in [2.24, 2.45) is 11.8 Å². The van der Waals surface area contributed by atoms with Gasteiger partial charge in [0, 0.05) is 23.3 Å². The van der Waals surface area contributed by atoms with E-state index in [2.05, 4.69) is 34.9 Å². The fourth-order valence-corrected chi connectivity index (χ4v) is 5.38. The highest BCUT2D eigenvalue weighted by molar-refractivity contribution is 7.10. The molecule has 2 aliphatic carbocycles. The first-order valence-corrected chi connectivity index (χ1v) is 12.1. The fraction of sp³-hybridized carbons (Fsp3) is 0.269. The molecule has 3 aromatic rings. The molecule has 0 aliphatic heterocycles. The van der Waals surface area contributed by atoms with Crippen LogP contribution in [0.2, 0.25) is 0 Å². The van der Waals surface area contributed by atoms with E-state index in [1.807, 2.05) is 24.3 Å². The lowest BCUT2D eigenvalue weighted by atomic mass is 9.98. The quantitative estimate of drug-likeness (QED) is 0.453. The molecule has 3 atom stereocenters. The standard InChI is InChI=1S/C26H24N2O5S/c29-24(28-23(25(30)31)22-10-5-11-34-22)20-12-15(20)13-27-26(32)33-14-21-18-8-3-1-6-16(18)17-7-2-4-9-19(17)21/h1-11,15,20-21,23H,12-14H2,(H,27,32)(H,28,29)(H,30,31). The van der Waals surface area contributed by atoms with Gasteiger partial charge in [0.2, 0.25) is 5.91 Å². The van der Waals surface area contributed by atoms with E-state index in [4.69, 9.17) is 4.74 Å². The minimum absolute atomic E-state index is 0.0113. The Morgan fingerprint density at radius 3 is 2.29 bits per heavy atom. The van der Waals surface area contributed by atoms with Crippen LogP contribution < -0.4 is 10.6 Å². The highest BCUT2D eigenvalue weighted by Crippen LogP contribution is 2.44. The largest absolute Gasteiger partial charge is 0.479 e. The summed E-state index contributed by atoms with van der Waals surface area (Å²) in [6.07, 6.45) is 0.0848. The van der Waals surface area contributed by atoms with E-state index >= 15 is 0 Å². The lowest BCUT2D eigenvalue weighted by molar-refractivity contribution is -0.142. The Kier molecular flexibility index (Phi) is 6.06. The minimum Gasteiger partial charge on any atom is -0.479 e. The van der Waals surface area contributed by atoms with Gasteiger partial charge in [-0.25, -0.2) is 9.59 Å². The van der Waals surface area contributed by atoms with Crippen LogP contribution in [0.3, 0.4) is 0 Å². The van der Waals surface area contributed by atoms with Crippen molar-refractivity contribution in [3.8, 4) is 11.1 Å². The summed E-state index contributed by atoms with van der Waals surface area (Å²) in [6.45, 7) is 0.543. The van der Waals surface area contributed by atoms with Crippen LogP contribution >= 0.6 is 11.3 Å². The van der Waals surface area contributed by atoms with Crippen LogP contribution in [0, 0.1) is 11.8 Å². The molecule has 5 rings (SSSR count). The van der Waals surface area contributed by atoms with Gasteiger partial charge in [-0.2, -0.15) is 0 Å². The lowest BCUT2D eigenvalue weighted by Crippen LogP contribution is -2.35. The number of alkyl carbamates (subject to hydrolysis) is 1. The smallest absolute Gasteiger partial charge is 0.407 e. The average molecular weight is 477 g/mol. The van der Waals surface area contributed by atoms with E-state index in [1.54, 1.807) is 17.5 Å². The summed E-state index contributed by atoms with van der Waals surface area (Å²) in [6, 6.07) is 18.7. The zero-order valence-corrected chi connectivity index (χ0v) is 19.1. The predicted octanol–water partition coefficient (Wildman–Crippen LogP) is 4.16. The highest BCUT2D eigenvalue weighted by atomic mass is 32.1. The van der Waals surface area contributed by atoms with Crippen molar-refractivity contribution in [2.45, 2.75) is 18.4 Å². The van der Waals surface area contributed by atoms with Crippen molar-refractivity contribution in [3.63, 3.8) is 0 Å². The zero-order valence-electron chi connectivity index (χ0n) is 18.3. The van der Waals surface area contributed by atoms with Gasteiger partial charge in [0.15, 0.2) is 6.04 Å². The molecule has 2 amide bonds. The number of fused-ring (bicyclic) bond motifs is 3. The number of carboxylic acids is 1. The van der Waals surface area contributed by atoms with Crippen molar-refractivity contribution in [3.05, 3.63) is 82.0 Å². The van der Waals surface area contributed by atoms with Crippen LogP contribution in [0.25, 0.3) is 11.1 Å². The van der Waals surface area contributed by atoms with Crippen LogP contribution in [-0.2, 0) is 14.3 Å². The summed E-state index contributed by atoms with van der Waals surface area (Å²) < 4.78 is 5.53.